The molecule has 35 heavy (non-hydrogen) atoms. The summed E-state index contributed by atoms with van der Waals surface area (Å²) in [6.07, 6.45) is 6.32. The Labute approximate surface area is 203 Å². The number of benzene rings is 3. The monoisotopic (exact) mass is 478 g/mol. The van der Waals surface area contributed by atoms with Crippen LogP contribution in [0, 0.1) is 5.82 Å². The molecule has 0 unspecified atom stereocenters. The molecular formula is C27H27FN2O5. The zero-order valence-electron chi connectivity index (χ0n) is 19.9. The number of nitrogen functional groups attached to an aromatic ring is 1. The third-order valence-corrected chi connectivity index (χ3v) is 5.17. The van der Waals surface area contributed by atoms with Crippen LogP contribution in [0.3, 0.4) is 0 Å². The van der Waals surface area contributed by atoms with Crippen LogP contribution in [0.4, 0.5) is 15.8 Å². The molecule has 0 spiro atoms. The van der Waals surface area contributed by atoms with E-state index in [4.69, 9.17) is 24.7 Å². The molecule has 7 nitrogen and oxygen atoms in total. The fourth-order valence-electron chi connectivity index (χ4n) is 3.39. The van der Waals surface area contributed by atoms with Crippen LogP contribution in [0.15, 0.2) is 60.8 Å². The number of nitrogens with one attached hydrogen (secondary N) is 1. The van der Waals surface area contributed by atoms with E-state index in [-0.39, 0.29) is 11.5 Å². The van der Waals surface area contributed by atoms with Crippen molar-refractivity contribution < 1.29 is 28.1 Å². The lowest BCUT2D eigenvalue weighted by Crippen LogP contribution is -2.01. The molecule has 3 aromatic carbocycles. The van der Waals surface area contributed by atoms with E-state index < -0.39 is 5.82 Å². The van der Waals surface area contributed by atoms with Crippen molar-refractivity contribution >= 4 is 29.3 Å². The lowest BCUT2D eigenvalue weighted by Gasteiger charge is -2.13. The zero-order valence-corrected chi connectivity index (χ0v) is 19.9. The Morgan fingerprint density at radius 1 is 0.886 bits per heavy atom. The average Bonchev–Trinajstić information content (AvgIpc) is 2.87. The number of nitrogens with two attached hydrogens (primary N) is 1. The number of halogens is 1. The van der Waals surface area contributed by atoms with Gasteiger partial charge in [-0.15, -0.1) is 0 Å². The van der Waals surface area contributed by atoms with Gasteiger partial charge in [0.15, 0.2) is 28.8 Å². The molecule has 0 aromatic heterocycles. The van der Waals surface area contributed by atoms with Gasteiger partial charge in [-0.05, 0) is 35.9 Å². The van der Waals surface area contributed by atoms with Crippen LogP contribution in [0.2, 0.25) is 0 Å². The maximum absolute atomic E-state index is 14.5. The molecule has 0 fully saturated rings. The molecule has 0 aliphatic heterocycles. The summed E-state index contributed by atoms with van der Waals surface area (Å²) in [5, 5.41) is 3.03. The first-order valence-electron chi connectivity index (χ1n) is 10.6. The molecule has 0 aliphatic rings. The minimum Gasteiger partial charge on any atom is -0.494 e. The van der Waals surface area contributed by atoms with E-state index in [9.17, 15) is 9.18 Å². The third-order valence-electron chi connectivity index (χ3n) is 5.17. The summed E-state index contributed by atoms with van der Waals surface area (Å²) in [7, 11) is 5.97. The molecule has 0 radical (unpaired) electrons. The first-order valence-corrected chi connectivity index (χ1v) is 10.6. The second kappa shape index (κ2) is 11.6. The molecule has 3 N–H and O–H groups in total. The number of anilines is 2. The van der Waals surface area contributed by atoms with Crippen molar-refractivity contribution in [3.8, 4) is 23.0 Å². The number of rotatable bonds is 10. The molecule has 3 rings (SSSR count). The number of carbonyl (C=O) groups is 1. The van der Waals surface area contributed by atoms with Crippen molar-refractivity contribution in [2.45, 2.75) is 0 Å². The molecular weight excluding hydrogens is 451 g/mol. The van der Waals surface area contributed by atoms with Gasteiger partial charge in [-0.3, -0.25) is 4.79 Å². The second-order valence-corrected chi connectivity index (χ2v) is 7.30. The van der Waals surface area contributed by atoms with E-state index in [0.29, 0.717) is 39.8 Å². The van der Waals surface area contributed by atoms with Gasteiger partial charge in [-0.1, -0.05) is 24.3 Å². The number of para-hydroxylation sites is 1. The number of hydrogen-bond acceptors (Lipinski definition) is 7. The minimum absolute atomic E-state index is 0.0597. The molecule has 3 aromatic rings. The van der Waals surface area contributed by atoms with Crippen LogP contribution in [-0.2, 0) is 0 Å². The molecule has 8 heteroatoms. The van der Waals surface area contributed by atoms with E-state index in [1.807, 2.05) is 0 Å². The van der Waals surface area contributed by atoms with Gasteiger partial charge in [-0.2, -0.15) is 0 Å². The van der Waals surface area contributed by atoms with E-state index in [1.165, 1.54) is 52.8 Å². The smallest absolute Gasteiger partial charge is 0.203 e. The second-order valence-electron chi connectivity index (χ2n) is 7.30. The molecule has 0 saturated heterocycles. The third kappa shape index (κ3) is 5.92. The Bertz CT molecular complexity index is 1250. The number of carbonyl (C=O) groups excluding carboxylic acids is 1. The quantitative estimate of drug-likeness (QED) is 0.174. The van der Waals surface area contributed by atoms with Gasteiger partial charge in [-0.25, -0.2) is 4.39 Å². The summed E-state index contributed by atoms with van der Waals surface area (Å²) in [5.74, 6) is 0.724. The van der Waals surface area contributed by atoms with Crippen molar-refractivity contribution in [3.05, 3.63) is 83.3 Å². The van der Waals surface area contributed by atoms with Crippen molar-refractivity contribution in [1.29, 1.82) is 0 Å². The summed E-state index contributed by atoms with van der Waals surface area (Å²) < 4.78 is 35.7. The molecule has 182 valence electrons. The number of ketones is 1. The highest BCUT2D eigenvalue weighted by Crippen LogP contribution is 2.39. The van der Waals surface area contributed by atoms with E-state index >= 15 is 0 Å². The van der Waals surface area contributed by atoms with Gasteiger partial charge in [0.1, 0.15) is 0 Å². The van der Waals surface area contributed by atoms with Crippen LogP contribution in [0.5, 0.6) is 23.0 Å². The number of hydrogen-bond donors (Lipinski definition) is 2. The van der Waals surface area contributed by atoms with Crippen LogP contribution < -0.4 is 30.0 Å². The van der Waals surface area contributed by atoms with Crippen molar-refractivity contribution in [1.82, 2.24) is 0 Å². The van der Waals surface area contributed by atoms with Crippen molar-refractivity contribution in [3.63, 3.8) is 0 Å². The normalized spacial score (nSPS) is 11.0. The lowest BCUT2D eigenvalue weighted by molar-refractivity contribution is 0.104. The summed E-state index contributed by atoms with van der Waals surface area (Å²) in [5.41, 5.74) is 8.44. The Kier molecular flexibility index (Phi) is 8.34. The van der Waals surface area contributed by atoms with Crippen molar-refractivity contribution in [2.24, 2.45) is 0 Å². The van der Waals surface area contributed by atoms with Crippen LogP contribution in [0.25, 0.3) is 12.2 Å². The fraction of sp³-hybridized carbons (Fsp3) is 0.148. The first-order chi connectivity index (χ1) is 16.9. The Morgan fingerprint density at radius 3 is 2.14 bits per heavy atom. The Morgan fingerprint density at radius 2 is 1.54 bits per heavy atom. The molecule has 0 saturated carbocycles. The van der Waals surface area contributed by atoms with Gasteiger partial charge >= 0.3 is 0 Å². The summed E-state index contributed by atoms with van der Waals surface area (Å²) >= 11 is 0. The maximum Gasteiger partial charge on any atom is 0.203 e. The predicted octanol–water partition coefficient (Wildman–Crippen LogP) is 5.42. The topological polar surface area (TPSA) is 92.0 Å². The van der Waals surface area contributed by atoms with E-state index in [1.54, 1.807) is 48.6 Å². The van der Waals surface area contributed by atoms with E-state index in [2.05, 4.69) is 5.32 Å². The van der Waals surface area contributed by atoms with Crippen molar-refractivity contribution in [2.75, 3.05) is 39.5 Å². The summed E-state index contributed by atoms with van der Waals surface area (Å²) in [6.45, 7) is 0. The van der Waals surface area contributed by atoms with Gasteiger partial charge in [0.2, 0.25) is 5.75 Å². The highest BCUT2D eigenvalue weighted by atomic mass is 19.1. The molecule has 0 amide bonds. The lowest BCUT2D eigenvalue weighted by atomic mass is 10.1. The van der Waals surface area contributed by atoms with Gasteiger partial charge in [0.25, 0.3) is 0 Å². The predicted molar refractivity (Wildman–Crippen MR) is 136 cm³/mol. The summed E-state index contributed by atoms with van der Waals surface area (Å²) in [4.78, 5) is 12.5. The van der Waals surface area contributed by atoms with Gasteiger partial charge in [0.05, 0.1) is 28.4 Å². The molecule has 0 aliphatic carbocycles. The van der Waals surface area contributed by atoms with E-state index in [0.717, 1.165) is 5.56 Å². The van der Waals surface area contributed by atoms with Crippen LogP contribution in [-0.4, -0.2) is 34.2 Å². The molecule has 0 heterocycles. The zero-order chi connectivity index (χ0) is 25.4. The average molecular weight is 479 g/mol. The van der Waals surface area contributed by atoms with Gasteiger partial charge < -0.3 is 30.0 Å². The van der Waals surface area contributed by atoms with Crippen LogP contribution >= 0.6 is 0 Å². The molecule has 0 bridgehead atoms. The Hall–Kier alpha value is -4.46. The van der Waals surface area contributed by atoms with Gasteiger partial charge in [0, 0.05) is 40.8 Å². The summed E-state index contributed by atoms with van der Waals surface area (Å²) in [6, 6.07) is 13.2. The number of methoxy groups -OCH3 is 4. The van der Waals surface area contributed by atoms with Crippen LogP contribution in [0.1, 0.15) is 21.5 Å². The Balaban J connectivity index is 1.92. The largest absolute Gasteiger partial charge is 0.494 e. The number of allylic oxidation sites excluding steroid dienone is 1. The SMILES string of the molecule is COc1cc(NC=CC(=O)c2ccccc2N)c(C=Cc2cc(OC)c(OC)c(OC)c2)cc1F. The standard InChI is InChI=1S/C27H27FN2O5/c1-32-24-16-22(30-12-11-23(31)19-7-5-6-8-21(19)29)18(15-20(24)28)10-9-17-13-25(33-2)27(35-4)26(14-17)34-3/h5-16,30H,29H2,1-4H3. The molecule has 0 atom stereocenters. The maximum atomic E-state index is 14.5. The fourth-order valence-corrected chi connectivity index (χ4v) is 3.39. The number of ether oxygens (including phenoxy) is 4. The first kappa shape index (κ1) is 25.2. The minimum atomic E-state index is -0.528. The highest BCUT2D eigenvalue weighted by molar-refractivity contribution is 6.08. The highest BCUT2D eigenvalue weighted by Gasteiger charge is 2.13.